The lowest BCUT2D eigenvalue weighted by Gasteiger charge is -2.17. The topological polar surface area (TPSA) is 29.5 Å². The van der Waals surface area contributed by atoms with E-state index >= 15 is 0 Å². The van der Waals surface area contributed by atoms with E-state index in [9.17, 15) is 4.79 Å². The molecular formula is C14H14BrNO2. The van der Waals surface area contributed by atoms with Crippen molar-refractivity contribution in [3.8, 4) is 0 Å². The second kappa shape index (κ2) is 4.43. The summed E-state index contributed by atoms with van der Waals surface area (Å²) in [4.78, 5) is 13.7. The van der Waals surface area contributed by atoms with Crippen LogP contribution in [-0.2, 0) is 4.74 Å². The first kappa shape index (κ1) is 11.8. The van der Waals surface area contributed by atoms with Gasteiger partial charge >= 0.3 is 6.09 Å². The van der Waals surface area contributed by atoms with Crippen molar-refractivity contribution >= 4 is 33.8 Å². The van der Waals surface area contributed by atoms with Gasteiger partial charge in [0.2, 0.25) is 0 Å². The molecular weight excluding hydrogens is 294 g/mol. The molecule has 1 unspecified atom stereocenters. The van der Waals surface area contributed by atoms with Gasteiger partial charge in [-0.2, -0.15) is 0 Å². The lowest BCUT2D eigenvalue weighted by molar-refractivity contribution is 0.160. The zero-order valence-electron chi connectivity index (χ0n) is 10.1. The smallest absolute Gasteiger partial charge is 0.414 e. The van der Waals surface area contributed by atoms with Gasteiger partial charge < -0.3 is 4.74 Å². The summed E-state index contributed by atoms with van der Waals surface area (Å²) in [5.74, 6) is 0.405. The molecule has 1 aromatic carbocycles. The van der Waals surface area contributed by atoms with Crippen LogP contribution in [-0.4, -0.2) is 19.2 Å². The fourth-order valence-corrected chi connectivity index (χ4v) is 3.24. The molecule has 3 rings (SSSR count). The zero-order valence-corrected chi connectivity index (χ0v) is 11.7. The van der Waals surface area contributed by atoms with Crippen LogP contribution in [0, 0.1) is 0 Å². The minimum atomic E-state index is -0.239. The van der Waals surface area contributed by atoms with Crippen molar-refractivity contribution in [2.24, 2.45) is 0 Å². The Bertz CT molecular complexity index is 539. The number of hydrogen-bond acceptors (Lipinski definition) is 2. The Morgan fingerprint density at radius 3 is 3.17 bits per heavy atom. The van der Waals surface area contributed by atoms with Gasteiger partial charge in [-0.25, -0.2) is 4.79 Å². The highest BCUT2D eigenvalue weighted by atomic mass is 79.9. The molecule has 0 fully saturated rings. The van der Waals surface area contributed by atoms with Crippen LogP contribution in [0.25, 0.3) is 6.08 Å². The maximum atomic E-state index is 12.0. The number of carbonyl (C=O) groups excluding carboxylic acids is 1. The Hall–Kier alpha value is -1.29. The molecule has 0 bridgehead atoms. The highest BCUT2D eigenvalue weighted by Gasteiger charge is 2.35. The van der Waals surface area contributed by atoms with Gasteiger partial charge in [-0.3, -0.25) is 4.90 Å². The SMILES string of the molecule is CCOC(=O)N1CC2CC=Cc3c(Br)ccc1c32. The molecule has 94 valence electrons. The summed E-state index contributed by atoms with van der Waals surface area (Å²) < 4.78 is 6.21. The lowest BCUT2D eigenvalue weighted by Crippen LogP contribution is -2.30. The molecule has 0 saturated heterocycles. The Morgan fingerprint density at radius 2 is 2.39 bits per heavy atom. The molecule has 1 heterocycles. The number of rotatable bonds is 1. The van der Waals surface area contributed by atoms with Crippen molar-refractivity contribution < 1.29 is 9.53 Å². The van der Waals surface area contributed by atoms with E-state index in [1.54, 1.807) is 4.90 Å². The minimum absolute atomic E-state index is 0.239. The van der Waals surface area contributed by atoms with Gasteiger partial charge in [0.05, 0.1) is 12.3 Å². The fraction of sp³-hybridized carbons (Fsp3) is 0.357. The third kappa shape index (κ3) is 1.67. The standard InChI is InChI=1S/C14H14BrNO2/c1-2-18-14(17)16-8-9-4-3-5-10-11(15)6-7-12(16)13(9)10/h3,5-7,9H,2,4,8H2,1H3. The van der Waals surface area contributed by atoms with Crippen molar-refractivity contribution in [1.82, 2.24) is 0 Å². The third-order valence-electron chi connectivity index (χ3n) is 3.51. The number of ether oxygens (including phenoxy) is 1. The molecule has 1 aliphatic carbocycles. The maximum absolute atomic E-state index is 12.0. The van der Waals surface area contributed by atoms with Gasteiger partial charge in [0.25, 0.3) is 0 Å². The first-order valence-corrected chi connectivity index (χ1v) is 6.95. The first-order chi connectivity index (χ1) is 8.72. The molecule has 0 radical (unpaired) electrons. The van der Waals surface area contributed by atoms with Crippen LogP contribution in [0.2, 0.25) is 0 Å². The summed E-state index contributed by atoms with van der Waals surface area (Å²) in [6, 6.07) is 4.00. The van der Waals surface area contributed by atoms with Gasteiger partial charge in [-0.05, 0) is 36.6 Å². The monoisotopic (exact) mass is 307 g/mol. The van der Waals surface area contributed by atoms with Crippen LogP contribution in [0.1, 0.15) is 30.4 Å². The van der Waals surface area contributed by atoms with Crippen molar-refractivity contribution in [3.63, 3.8) is 0 Å². The number of nitrogens with zero attached hydrogens (tertiary/aromatic N) is 1. The van der Waals surface area contributed by atoms with Gasteiger partial charge in [0, 0.05) is 16.9 Å². The molecule has 1 amide bonds. The second-order valence-electron chi connectivity index (χ2n) is 4.54. The Kier molecular flexibility index (Phi) is 2.90. The molecule has 1 atom stereocenters. The van der Waals surface area contributed by atoms with E-state index in [-0.39, 0.29) is 6.09 Å². The molecule has 1 aromatic rings. The van der Waals surface area contributed by atoms with E-state index < -0.39 is 0 Å². The maximum Gasteiger partial charge on any atom is 0.414 e. The lowest BCUT2D eigenvalue weighted by atomic mass is 9.89. The number of anilines is 1. The van der Waals surface area contributed by atoms with Crippen LogP contribution >= 0.6 is 15.9 Å². The minimum Gasteiger partial charge on any atom is -0.449 e. The summed E-state index contributed by atoms with van der Waals surface area (Å²) in [5.41, 5.74) is 3.48. The van der Waals surface area contributed by atoms with Crippen molar-refractivity contribution in [2.45, 2.75) is 19.3 Å². The van der Waals surface area contributed by atoms with Gasteiger partial charge in [0.15, 0.2) is 0 Å². The molecule has 0 saturated carbocycles. The zero-order chi connectivity index (χ0) is 12.7. The van der Waals surface area contributed by atoms with Gasteiger partial charge in [0.1, 0.15) is 0 Å². The normalized spacial score (nSPS) is 19.9. The number of halogens is 1. The molecule has 0 N–H and O–H groups in total. The highest BCUT2D eigenvalue weighted by molar-refractivity contribution is 9.10. The van der Waals surface area contributed by atoms with Crippen LogP contribution in [0.4, 0.5) is 10.5 Å². The number of allylic oxidation sites excluding steroid dienone is 1. The Morgan fingerprint density at radius 1 is 1.56 bits per heavy atom. The van der Waals surface area contributed by atoms with Crippen molar-refractivity contribution in [3.05, 3.63) is 33.8 Å². The molecule has 0 spiro atoms. The number of benzene rings is 1. The van der Waals surface area contributed by atoms with E-state index in [1.165, 1.54) is 11.1 Å². The summed E-state index contributed by atoms with van der Waals surface area (Å²) in [7, 11) is 0. The summed E-state index contributed by atoms with van der Waals surface area (Å²) in [6.07, 6.45) is 5.06. The molecule has 4 heteroatoms. The molecule has 2 aliphatic rings. The molecule has 18 heavy (non-hydrogen) atoms. The molecule has 0 aromatic heterocycles. The van der Waals surface area contributed by atoms with E-state index in [0.717, 1.165) is 23.1 Å². The molecule has 1 aliphatic heterocycles. The average Bonchev–Trinajstić information content (AvgIpc) is 2.74. The van der Waals surface area contributed by atoms with E-state index in [0.29, 0.717) is 12.5 Å². The first-order valence-electron chi connectivity index (χ1n) is 6.15. The predicted octanol–water partition coefficient (Wildman–Crippen LogP) is 3.93. The van der Waals surface area contributed by atoms with Crippen molar-refractivity contribution in [2.75, 3.05) is 18.1 Å². The van der Waals surface area contributed by atoms with E-state index in [2.05, 4.69) is 28.1 Å². The van der Waals surface area contributed by atoms with Crippen LogP contribution < -0.4 is 4.90 Å². The van der Waals surface area contributed by atoms with Gasteiger partial charge in [-0.1, -0.05) is 28.1 Å². The van der Waals surface area contributed by atoms with Crippen LogP contribution in [0.5, 0.6) is 0 Å². The molecule has 3 nitrogen and oxygen atoms in total. The van der Waals surface area contributed by atoms with E-state index in [1.807, 2.05) is 19.1 Å². The Labute approximate surface area is 115 Å². The van der Waals surface area contributed by atoms with Crippen molar-refractivity contribution in [1.29, 1.82) is 0 Å². The quantitative estimate of drug-likeness (QED) is 0.787. The number of carbonyl (C=O) groups is 1. The van der Waals surface area contributed by atoms with E-state index in [4.69, 9.17) is 4.74 Å². The largest absolute Gasteiger partial charge is 0.449 e. The summed E-state index contributed by atoms with van der Waals surface area (Å²) in [5, 5.41) is 0. The Balaban J connectivity index is 2.06. The van der Waals surface area contributed by atoms with Crippen LogP contribution in [0.3, 0.4) is 0 Å². The summed E-state index contributed by atoms with van der Waals surface area (Å²) in [6.45, 7) is 2.97. The number of hydrogen-bond donors (Lipinski definition) is 0. The summed E-state index contributed by atoms with van der Waals surface area (Å²) >= 11 is 3.57. The fourth-order valence-electron chi connectivity index (χ4n) is 2.76. The highest BCUT2D eigenvalue weighted by Crippen LogP contribution is 2.45. The second-order valence-corrected chi connectivity index (χ2v) is 5.39. The average molecular weight is 308 g/mol. The third-order valence-corrected chi connectivity index (χ3v) is 4.20. The predicted molar refractivity (Wildman–Crippen MR) is 74.9 cm³/mol. The number of amides is 1. The van der Waals surface area contributed by atoms with Gasteiger partial charge in [-0.15, -0.1) is 0 Å². The van der Waals surface area contributed by atoms with Crippen LogP contribution in [0.15, 0.2) is 22.7 Å².